The zero-order chi connectivity index (χ0) is 22.4. The third kappa shape index (κ3) is 5.87. The van der Waals surface area contributed by atoms with Crippen LogP contribution in [0.15, 0.2) is 57.7 Å². The second kappa shape index (κ2) is 9.37. The molecule has 3 aromatic rings. The second-order valence-electron chi connectivity index (χ2n) is 6.50. The van der Waals surface area contributed by atoms with Gasteiger partial charge in [-0.2, -0.15) is 13.2 Å². The lowest BCUT2D eigenvalue weighted by Gasteiger charge is -2.11. The van der Waals surface area contributed by atoms with Crippen molar-refractivity contribution in [1.29, 1.82) is 0 Å². The van der Waals surface area contributed by atoms with Gasteiger partial charge in [0, 0.05) is 13.0 Å². The van der Waals surface area contributed by atoms with Crippen LogP contribution in [0.3, 0.4) is 0 Å². The number of nitrogens with one attached hydrogen (secondary N) is 2. The Morgan fingerprint density at radius 1 is 1.03 bits per heavy atom. The van der Waals surface area contributed by atoms with E-state index < -0.39 is 35.9 Å². The van der Waals surface area contributed by atoms with Crippen LogP contribution >= 0.6 is 0 Å². The number of para-hydroxylation sites is 2. The molecule has 0 fully saturated rings. The van der Waals surface area contributed by atoms with Crippen LogP contribution in [0.5, 0.6) is 5.75 Å². The number of halogens is 3. The Bertz CT molecular complexity index is 1140. The van der Waals surface area contributed by atoms with Crippen LogP contribution in [-0.4, -0.2) is 23.0 Å². The summed E-state index contributed by atoms with van der Waals surface area (Å²) in [5.74, 6) is -1.91. The first kappa shape index (κ1) is 21.9. The number of oxazole rings is 1. The average Bonchev–Trinajstić information content (AvgIpc) is 3.05. The minimum Gasteiger partial charge on any atom is -0.484 e. The van der Waals surface area contributed by atoms with Crippen molar-refractivity contribution in [2.24, 2.45) is 0 Å². The van der Waals surface area contributed by atoms with E-state index in [2.05, 4.69) is 10.9 Å². The SMILES string of the molecule is O=C(CCCn1c(=O)oc2ccccc21)NNC(=O)COc1cccc(C(F)(F)F)c1. The summed E-state index contributed by atoms with van der Waals surface area (Å²) in [7, 11) is 0. The van der Waals surface area contributed by atoms with Crippen LogP contribution < -0.4 is 21.3 Å². The summed E-state index contributed by atoms with van der Waals surface area (Å²) in [4.78, 5) is 35.4. The van der Waals surface area contributed by atoms with Crippen LogP contribution in [0.1, 0.15) is 18.4 Å². The zero-order valence-electron chi connectivity index (χ0n) is 16.1. The fourth-order valence-corrected chi connectivity index (χ4v) is 2.77. The summed E-state index contributed by atoms with van der Waals surface area (Å²) >= 11 is 0. The Labute approximate surface area is 173 Å². The number of alkyl halides is 3. The van der Waals surface area contributed by atoms with Crippen molar-refractivity contribution in [3.8, 4) is 5.75 Å². The maximum absolute atomic E-state index is 12.7. The van der Waals surface area contributed by atoms with E-state index in [1.807, 2.05) is 0 Å². The normalized spacial score (nSPS) is 11.3. The van der Waals surface area contributed by atoms with E-state index in [1.54, 1.807) is 24.3 Å². The van der Waals surface area contributed by atoms with Crippen molar-refractivity contribution in [1.82, 2.24) is 15.4 Å². The van der Waals surface area contributed by atoms with Crippen molar-refractivity contribution >= 4 is 22.9 Å². The zero-order valence-corrected chi connectivity index (χ0v) is 16.1. The number of carbonyl (C=O) groups excluding carboxylic acids is 2. The van der Waals surface area contributed by atoms with E-state index in [9.17, 15) is 27.6 Å². The van der Waals surface area contributed by atoms with Gasteiger partial charge in [0.15, 0.2) is 12.2 Å². The minimum atomic E-state index is -4.52. The molecule has 0 unspecified atom stereocenters. The number of benzene rings is 2. The molecule has 0 aliphatic heterocycles. The molecule has 1 heterocycles. The molecule has 2 aromatic carbocycles. The van der Waals surface area contributed by atoms with E-state index in [0.29, 0.717) is 17.5 Å². The molecule has 0 radical (unpaired) electrons. The van der Waals surface area contributed by atoms with E-state index in [1.165, 1.54) is 10.6 Å². The van der Waals surface area contributed by atoms with Gasteiger partial charge in [0.1, 0.15) is 5.75 Å². The molecule has 0 atom stereocenters. The van der Waals surface area contributed by atoms with Gasteiger partial charge in [-0.1, -0.05) is 18.2 Å². The monoisotopic (exact) mass is 437 g/mol. The molecular weight excluding hydrogens is 419 g/mol. The van der Waals surface area contributed by atoms with Gasteiger partial charge in [0.05, 0.1) is 11.1 Å². The Hall–Kier alpha value is -3.76. The highest BCUT2D eigenvalue weighted by atomic mass is 19.4. The average molecular weight is 437 g/mol. The molecule has 0 aliphatic carbocycles. The third-order valence-electron chi connectivity index (χ3n) is 4.23. The number of hydrogen-bond donors (Lipinski definition) is 2. The first-order valence-corrected chi connectivity index (χ1v) is 9.20. The van der Waals surface area contributed by atoms with Crippen LogP contribution in [0, 0.1) is 0 Å². The molecule has 3 rings (SSSR count). The first-order valence-electron chi connectivity index (χ1n) is 9.20. The topological polar surface area (TPSA) is 103 Å². The van der Waals surface area contributed by atoms with E-state index in [0.717, 1.165) is 18.2 Å². The lowest BCUT2D eigenvalue weighted by Crippen LogP contribution is -2.43. The number of aromatic nitrogens is 1. The predicted octanol–water partition coefficient (Wildman–Crippen LogP) is 2.62. The predicted molar refractivity (Wildman–Crippen MR) is 103 cm³/mol. The number of carbonyl (C=O) groups is 2. The number of aryl methyl sites for hydroxylation is 1. The molecule has 2 amide bonds. The summed E-state index contributed by atoms with van der Waals surface area (Å²) in [6.45, 7) is -0.339. The van der Waals surface area contributed by atoms with Gasteiger partial charge in [-0.25, -0.2) is 4.79 Å². The number of hydrazine groups is 1. The summed E-state index contributed by atoms with van der Waals surface area (Å²) in [5.41, 5.74) is 4.45. The quantitative estimate of drug-likeness (QED) is 0.554. The van der Waals surface area contributed by atoms with Crippen LogP contribution in [-0.2, 0) is 22.3 Å². The Kier molecular flexibility index (Phi) is 6.63. The van der Waals surface area contributed by atoms with Gasteiger partial charge in [-0.05, 0) is 36.8 Å². The molecule has 0 bridgehead atoms. The highest BCUT2D eigenvalue weighted by Gasteiger charge is 2.30. The van der Waals surface area contributed by atoms with Gasteiger partial charge >= 0.3 is 11.9 Å². The number of fused-ring (bicyclic) bond motifs is 1. The summed E-state index contributed by atoms with van der Waals surface area (Å²) in [6, 6.07) is 11.0. The molecule has 0 spiro atoms. The summed E-state index contributed by atoms with van der Waals surface area (Å²) in [6.07, 6.45) is -4.20. The Morgan fingerprint density at radius 3 is 2.55 bits per heavy atom. The fraction of sp³-hybridized carbons (Fsp3) is 0.250. The lowest BCUT2D eigenvalue weighted by atomic mass is 10.2. The third-order valence-corrected chi connectivity index (χ3v) is 4.23. The van der Waals surface area contributed by atoms with Gasteiger partial charge in [-0.15, -0.1) is 0 Å². The van der Waals surface area contributed by atoms with E-state index in [4.69, 9.17) is 9.15 Å². The van der Waals surface area contributed by atoms with Gasteiger partial charge in [0.2, 0.25) is 5.91 Å². The highest BCUT2D eigenvalue weighted by Crippen LogP contribution is 2.31. The molecule has 2 N–H and O–H groups in total. The van der Waals surface area contributed by atoms with Crippen LogP contribution in [0.25, 0.3) is 11.1 Å². The minimum absolute atomic E-state index is 0.0146. The van der Waals surface area contributed by atoms with Gasteiger partial charge < -0.3 is 9.15 Å². The molecule has 164 valence electrons. The smallest absolute Gasteiger partial charge is 0.419 e. The summed E-state index contributed by atoms with van der Waals surface area (Å²) in [5, 5.41) is 0. The van der Waals surface area contributed by atoms with Crippen molar-refractivity contribution < 1.29 is 31.9 Å². The summed E-state index contributed by atoms with van der Waals surface area (Å²) < 4.78 is 49.5. The van der Waals surface area contributed by atoms with Gasteiger partial charge in [-0.3, -0.25) is 25.0 Å². The molecule has 0 aliphatic rings. The molecule has 0 saturated heterocycles. The second-order valence-corrected chi connectivity index (χ2v) is 6.50. The number of nitrogens with zero attached hydrogens (tertiary/aromatic N) is 1. The van der Waals surface area contributed by atoms with E-state index >= 15 is 0 Å². The molecule has 31 heavy (non-hydrogen) atoms. The number of ether oxygens (including phenoxy) is 1. The molecule has 11 heteroatoms. The lowest BCUT2D eigenvalue weighted by molar-refractivity contribution is -0.137. The molecule has 8 nitrogen and oxygen atoms in total. The number of hydrogen-bond acceptors (Lipinski definition) is 5. The van der Waals surface area contributed by atoms with Gasteiger partial charge in [0.25, 0.3) is 5.91 Å². The molecule has 1 aromatic heterocycles. The van der Waals surface area contributed by atoms with Crippen molar-refractivity contribution in [2.45, 2.75) is 25.6 Å². The highest BCUT2D eigenvalue weighted by molar-refractivity contribution is 5.82. The Balaban J connectivity index is 1.40. The fourth-order valence-electron chi connectivity index (χ4n) is 2.77. The van der Waals surface area contributed by atoms with Crippen molar-refractivity contribution in [2.75, 3.05) is 6.61 Å². The van der Waals surface area contributed by atoms with Crippen LogP contribution in [0.4, 0.5) is 13.2 Å². The number of rotatable bonds is 7. The maximum atomic E-state index is 12.7. The standard InChI is InChI=1S/C20H18F3N3O5/c21-20(22,23)13-5-3-6-14(11-13)30-12-18(28)25-24-17(27)9-4-10-26-15-7-1-2-8-16(15)31-19(26)29/h1-3,5-8,11H,4,9-10,12H2,(H,24,27)(H,25,28). The van der Waals surface area contributed by atoms with Crippen molar-refractivity contribution in [3.05, 3.63) is 64.6 Å². The maximum Gasteiger partial charge on any atom is 0.419 e. The number of amides is 2. The van der Waals surface area contributed by atoms with Crippen LogP contribution in [0.2, 0.25) is 0 Å². The van der Waals surface area contributed by atoms with E-state index in [-0.39, 0.29) is 18.7 Å². The first-order chi connectivity index (χ1) is 14.7. The Morgan fingerprint density at radius 2 is 1.77 bits per heavy atom. The molecular formula is C20H18F3N3O5. The molecule has 0 saturated carbocycles. The van der Waals surface area contributed by atoms with Crippen molar-refractivity contribution in [3.63, 3.8) is 0 Å². The largest absolute Gasteiger partial charge is 0.484 e.